The number of carbonyl (C=O) groups is 4. The summed E-state index contributed by atoms with van der Waals surface area (Å²) in [5.74, 6) is -5.52. The summed E-state index contributed by atoms with van der Waals surface area (Å²) >= 11 is 21.1. The molecule has 7 rings (SSSR count). The van der Waals surface area contributed by atoms with E-state index in [9.17, 15) is 24.3 Å². The minimum atomic E-state index is -1.99. The third-order valence-corrected chi connectivity index (χ3v) is 11.9. The predicted molar refractivity (Wildman–Crippen MR) is 178 cm³/mol. The van der Waals surface area contributed by atoms with Crippen molar-refractivity contribution < 1.29 is 24.3 Å². The van der Waals surface area contributed by atoms with E-state index in [4.69, 9.17) is 23.2 Å². The van der Waals surface area contributed by atoms with E-state index in [1.54, 1.807) is 36.4 Å². The second-order valence-corrected chi connectivity index (χ2v) is 14.4. The molecule has 2 aliphatic heterocycles. The number of hydrogen-bond donors (Lipinski definition) is 2. The maximum absolute atomic E-state index is 14.2. The number of allylic oxidation sites excluding steroid dienone is 2. The minimum absolute atomic E-state index is 0.124. The fraction of sp³-hybridized carbons (Fsp3) is 0.273. The number of phenolic OH excluding ortho intramolecular Hbond substituents is 1. The molecule has 4 amide bonds. The van der Waals surface area contributed by atoms with Crippen LogP contribution < -0.4 is 10.2 Å². The van der Waals surface area contributed by atoms with E-state index in [2.05, 4.69) is 37.2 Å². The highest BCUT2D eigenvalue weighted by atomic mass is 79.9. The molecule has 2 aliphatic carbocycles. The lowest BCUT2D eigenvalue weighted by atomic mass is 9.56. The second kappa shape index (κ2) is 11.0. The molecule has 230 valence electrons. The molecule has 12 heteroatoms. The molecule has 6 unspecified atom stereocenters. The minimum Gasteiger partial charge on any atom is -0.508 e. The predicted octanol–water partition coefficient (Wildman–Crippen LogP) is 6.81. The second-order valence-electron chi connectivity index (χ2n) is 11.7. The van der Waals surface area contributed by atoms with E-state index in [1.807, 2.05) is 36.4 Å². The van der Waals surface area contributed by atoms with Crippen molar-refractivity contribution in [2.45, 2.75) is 28.5 Å². The highest BCUT2D eigenvalue weighted by Crippen LogP contribution is 2.66. The van der Waals surface area contributed by atoms with Gasteiger partial charge < -0.3 is 10.4 Å². The van der Waals surface area contributed by atoms with E-state index in [0.29, 0.717) is 21.3 Å². The van der Waals surface area contributed by atoms with Crippen LogP contribution in [-0.4, -0.2) is 48.8 Å². The number of aromatic hydroxyl groups is 1. The first-order valence-electron chi connectivity index (χ1n) is 14.3. The van der Waals surface area contributed by atoms with Gasteiger partial charge in [-0.3, -0.25) is 29.0 Å². The SMILES string of the molecule is O=C1C2CC=C3C(CC4(Cl)C(=O)N(CBr)C(=O)C4(Cl)C3c3cc(Br)ccc3O)C2C(=O)N1c1ccc(Nc2ccccc2)cc1. The summed E-state index contributed by atoms with van der Waals surface area (Å²) in [4.78, 5) is 54.0. The van der Waals surface area contributed by atoms with Gasteiger partial charge in [-0.2, -0.15) is 0 Å². The van der Waals surface area contributed by atoms with Crippen LogP contribution in [0.3, 0.4) is 0 Å². The van der Waals surface area contributed by atoms with Gasteiger partial charge in [0, 0.05) is 27.3 Å². The Balaban J connectivity index is 1.29. The molecule has 2 N–H and O–H groups in total. The number of amides is 4. The molecule has 8 nitrogen and oxygen atoms in total. The standard InChI is InChI=1S/C33H25Br2Cl2N3O5/c34-16-39-30(44)32(36)15-24-21(27(33(32,37)31(39)45)23-14-17(35)6-13-25(23)41)11-12-22-26(24)29(43)40(28(22)42)20-9-7-19(8-10-20)38-18-4-2-1-3-5-18/h1-11,13-14,22,24,26-27,38,41H,12,15-16H2. The number of nitrogens with zero attached hydrogens (tertiary/aromatic N) is 2. The van der Waals surface area contributed by atoms with Crippen molar-refractivity contribution in [3.05, 3.63) is 94.5 Å². The van der Waals surface area contributed by atoms with Crippen LogP contribution in [-0.2, 0) is 19.2 Å². The molecule has 0 bridgehead atoms. The third kappa shape index (κ3) is 4.36. The smallest absolute Gasteiger partial charge is 0.254 e. The van der Waals surface area contributed by atoms with Gasteiger partial charge in [-0.1, -0.05) is 61.7 Å². The number of benzene rings is 3. The van der Waals surface area contributed by atoms with Gasteiger partial charge in [-0.05, 0) is 73.4 Å². The zero-order chi connectivity index (χ0) is 31.8. The topological polar surface area (TPSA) is 107 Å². The van der Waals surface area contributed by atoms with Gasteiger partial charge in [0.05, 0.1) is 23.0 Å². The van der Waals surface area contributed by atoms with Crippen molar-refractivity contribution in [2.24, 2.45) is 17.8 Å². The summed E-state index contributed by atoms with van der Waals surface area (Å²) < 4.78 is 0.616. The van der Waals surface area contributed by atoms with Gasteiger partial charge >= 0.3 is 0 Å². The molecular formula is C33H25Br2Cl2N3O5. The average Bonchev–Trinajstić information content (AvgIpc) is 3.37. The average molecular weight is 774 g/mol. The number of halogens is 4. The van der Waals surface area contributed by atoms with Crippen LogP contribution in [0.1, 0.15) is 24.3 Å². The lowest BCUT2D eigenvalue weighted by Crippen LogP contribution is -2.60. The molecule has 3 fully saturated rings. The van der Waals surface area contributed by atoms with Crippen LogP contribution in [0.5, 0.6) is 5.75 Å². The number of alkyl halides is 3. The third-order valence-electron chi connectivity index (χ3n) is 9.50. The Hall–Kier alpha value is -3.18. The van der Waals surface area contributed by atoms with Crippen molar-refractivity contribution in [2.75, 3.05) is 15.7 Å². The van der Waals surface area contributed by atoms with E-state index in [-0.39, 0.29) is 30.0 Å². The number of nitrogens with one attached hydrogen (secondary N) is 1. The summed E-state index contributed by atoms with van der Waals surface area (Å²) in [6.45, 7) is 0. The van der Waals surface area contributed by atoms with Crippen molar-refractivity contribution >= 4 is 95.8 Å². The quantitative estimate of drug-likeness (QED) is 0.128. The maximum atomic E-state index is 14.2. The molecular weight excluding hydrogens is 749 g/mol. The molecule has 3 aromatic rings. The normalized spacial score (nSPS) is 30.6. The Bertz CT molecular complexity index is 1810. The number of para-hydroxylation sites is 1. The highest BCUT2D eigenvalue weighted by Gasteiger charge is 2.76. The van der Waals surface area contributed by atoms with Gasteiger partial charge in [0.2, 0.25) is 11.8 Å². The van der Waals surface area contributed by atoms with Crippen LogP contribution in [0.25, 0.3) is 0 Å². The Labute approximate surface area is 285 Å². The number of imide groups is 2. The van der Waals surface area contributed by atoms with E-state index < -0.39 is 51.1 Å². The van der Waals surface area contributed by atoms with Crippen molar-refractivity contribution in [1.29, 1.82) is 0 Å². The number of hydrogen-bond acceptors (Lipinski definition) is 6. The summed E-state index contributed by atoms with van der Waals surface area (Å²) in [6, 6.07) is 21.4. The number of carbonyl (C=O) groups excluding carboxylic acids is 4. The lowest BCUT2D eigenvalue weighted by molar-refractivity contribution is -0.138. The molecule has 0 spiro atoms. The Kier molecular flexibility index (Phi) is 7.43. The zero-order valence-corrected chi connectivity index (χ0v) is 28.1. The molecule has 3 aromatic carbocycles. The Morgan fingerprint density at radius 1 is 0.889 bits per heavy atom. The van der Waals surface area contributed by atoms with Gasteiger partial charge in [0.1, 0.15) is 5.75 Å². The van der Waals surface area contributed by atoms with Crippen LogP contribution in [0.2, 0.25) is 0 Å². The number of phenols is 1. The number of rotatable bonds is 5. The molecule has 0 aromatic heterocycles. The van der Waals surface area contributed by atoms with Crippen molar-refractivity contribution in [3.8, 4) is 5.75 Å². The molecule has 6 atom stereocenters. The summed E-state index contributed by atoms with van der Waals surface area (Å²) in [5.41, 5.74) is 2.90. The van der Waals surface area contributed by atoms with Gasteiger partial charge in [-0.15, -0.1) is 23.2 Å². The Morgan fingerprint density at radius 2 is 1.58 bits per heavy atom. The van der Waals surface area contributed by atoms with E-state index in [0.717, 1.165) is 16.3 Å². The zero-order valence-electron chi connectivity index (χ0n) is 23.4. The Morgan fingerprint density at radius 3 is 2.27 bits per heavy atom. The van der Waals surface area contributed by atoms with Gasteiger partial charge in [-0.25, -0.2) is 0 Å². The van der Waals surface area contributed by atoms with Gasteiger partial charge in [0.15, 0.2) is 9.75 Å². The molecule has 45 heavy (non-hydrogen) atoms. The highest BCUT2D eigenvalue weighted by molar-refractivity contribution is 9.10. The van der Waals surface area contributed by atoms with Crippen LogP contribution in [0.15, 0.2) is 88.9 Å². The van der Waals surface area contributed by atoms with Crippen LogP contribution in [0.4, 0.5) is 17.1 Å². The first-order chi connectivity index (χ1) is 21.5. The largest absolute Gasteiger partial charge is 0.508 e. The van der Waals surface area contributed by atoms with E-state index >= 15 is 0 Å². The molecule has 0 radical (unpaired) electrons. The fourth-order valence-corrected chi connectivity index (χ4v) is 9.29. The molecule has 1 saturated carbocycles. The van der Waals surface area contributed by atoms with Crippen LogP contribution >= 0.6 is 55.1 Å². The number of anilines is 3. The van der Waals surface area contributed by atoms with Crippen LogP contribution in [0, 0.1) is 17.8 Å². The molecule has 2 saturated heterocycles. The van der Waals surface area contributed by atoms with Crippen molar-refractivity contribution in [3.63, 3.8) is 0 Å². The van der Waals surface area contributed by atoms with E-state index in [1.165, 1.54) is 11.0 Å². The number of likely N-dealkylation sites (tertiary alicyclic amines) is 1. The van der Waals surface area contributed by atoms with Crippen molar-refractivity contribution in [1.82, 2.24) is 4.90 Å². The monoisotopic (exact) mass is 771 g/mol. The first-order valence-corrected chi connectivity index (χ1v) is 17.0. The summed E-state index contributed by atoms with van der Waals surface area (Å²) in [5, 5.41) is 14.3. The summed E-state index contributed by atoms with van der Waals surface area (Å²) in [7, 11) is 0. The lowest BCUT2D eigenvalue weighted by Gasteiger charge is -2.50. The molecule has 4 aliphatic rings. The number of fused-ring (bicyclic) bond motifs is 4. The molecule has 2 heterocycles. The van der Waals surface area contributed by atoms with Gasteiger partial charge in [0.25, 0.3) is 11.8 Å². The fourth-order valence-electron chi connectivity index (χ4n) is 7.49. The summed E-state index contributed by atoms with van der Waals surface area (Å²) in [6.07, 6.45) is 1.94. The first kappa shape index (κ1) is 30.5. The maximum Gasteiger partial charge on any atom is 0.254 e.